The fourth-order valence-electron chi connectivity index (χ4n) is 3.94. The van der Waals surface area contributed by atoms with Crippen molar-refractivity contribution in [3.63, 3.8) is 0 Å². The van der Waals surface area contributed by atoms with Crippen molar-refractivity contribution in [3.05, 3.63) is 57.6 Å². The molecule has 138 valence electrons. The maximum Gasteiger partial charge on any atom is 0.0630 e. The van der Waals surface area contributed by atoms with Crippen LogP contribution in [0.15, 0.2) is 41.4 Å². The first-order chi connectivity index (χ1) is 12.3. The van der Waals surface area contributed by atoms with Crippen LogP contribution in [0.1, 0.15) is 57.6 Å². The van der Waals surface area contributed by atoms with Crippen LogP contribution in [0.25, 0.3) is 0 Å². The predicted molar refractivity (Wildman–Crippen MR) is 115 cm³/mol. The highest BCUT2D eigenvalue weighted by Crippen LogP contribution is 2.45. The summed E-state index contributed by atoms with van der Waals surface area (Å²) in [5, 5.41) is 1.45. The number of anilines is 1. The van der Waals surface area contributed by atoms with E-state index in [4.69, 9.17) is 23.2 Å². The van der Waals surface area contributed by atoms with Crippen molar-refractivity contribution < 1.29 is 0 Å². The molecule has 0 saturated carbocycles. The lowest BCUT2D eigenvalue weighted by molar-refractivity contribution is 0.376. The zero-order valence-corrected chi connectivity index (χ0v) is 17.4. The zero-order valence-electron chi connectivity index (χ0n) is 15.9. The Hall–Kier alpha value is -1.51. The lowest BCUT2D eigenvalue weighted by Crippen LogP contribution is -2.48. The zero-order chi connectivity index (χ0) is 18.9. The molecule has 1 heterocycles. The van der Waals surface area contributed by atoms with Gasteiger partial charge in [0.2, 0.25) is 0 Å². The van der Waals surface area contributed by atoms with E-state index in [-0.39, 0.29) is 5.54 Å². The van der Waals surface area contributed by atoms with Crippen LogP contribution in [0.4, 0.5) is 11.4 Å². The molecule has 4 heteroatoms. The topological polar surface area (TPSA) is 15.6 Å². The number of aliphatic imine (C=N–C) groups is 1. The second-order valence-corrected chi connectivity index (χ2v) is 8.58. The molecule has 0 spiro atoms. The Balaban J connectivity index is 1.98. The quantitative estimate of drug-likeness (QED) is 0.503. The van der Waals surface area contributed by atoms with Crippen LogP contribution < -0.4 is 4.90 Å². The van der Waals surface area contributed by atoms with Crippen molar-refractivity contribution in [3.8, 4) is 0 Å². The van der Waals surface area contributed by atoms with Gasteiger partial charge in [-0.25, -0.2) is 0 Å². The molecule has 0 radical (unpaired) electrons. The summed E-state index contributed by atoms with van der Waals surface area (Å²) >= 11 is 12.6. The maximum absolute atomic E-state index is 6.62. The Morgan fingerprint density at radius 3 is 2.54 bits per heavy atom. The van der Waals surface area contributed by atoms with Crippen molar-refractivity contribution in [2.75, 3.05) is 11.4 Å². The highest BCUT2D eigenvalue weighted by molar-refractivity contribution is 6.33. The van der Waals surface area contributed by atoms with Crippen molar-refractivity contribution in [2.45, 2.75) is 52.0 Å². The van der Waals surface area contributed by atoms with Gasteiger partial charge in [0.05, 0.1) is 10.7 Å². The lowest BCUT2D eigenvalue weighted by Gasteiger charge is -2.47. The van der Waals surface area contributed by atoms with Gasteiger partial charge in [0.15, 0.2) is 0 Å². The minimum Gasteiger partial charge on any atom is -0.366 e. The van der Waals surface area contributed by atoms with Crippen LogP contribution in [0, 0.1) is 0 Å². The molecular formula is C22H26Cl2N2. The Labute approximate surface area is 166 Å². The highest BCUT2D eigenvalue weighted by atomic mass is 35.5. The molecule has 0 N–H and O–H groups in total. The standard InChI is InChI=1S/C22H26Cl2N2/c1-5-10-26-21-12-20(24)16(11-19(21)15(2)13-22(26,3)4)14-25-18-8-6-17(23)7-9-18/h6-9,11-12,14-15H,5,10,13H2,1-4H3. The summed E-state index contributed by atoms with van der Waals surface area (Å²) in [4.78, 5) is 7.06. The second-order valence-electron chi connectivity index (χ2n) is 7.74. The summed E-state index contributed by atoms with van der Waals surface area (Å²) in [5.74, 6) is 0.494. The molecule has 1 aliphatic rings. The minimum absolute atomic E-state index is 0.144. The number of hydrogen-bond donors (Lipinski definition) is 0. The van der Waals surface area contributed by atoms with Gasteiger partial charge in [0.1, 0.15) is 0 Å². The molecule has 2 nitrogen and oxygen atoms in total. The van der Waals surface area contributed by atoms with Crippen molar-refractivity contribution in [1.29, 1.82) is 0 Å². The Morgan fingerprint density at radius 1 is 1.19 bits per heavy atom. The summed E-state index contributed by atoms with van der Waals surface area (Å²) in [7, 11) is 0. The van der Waals surface area contributed by atoms with E-state index in [1.165, 1.54) is 11.3 Å². The van der Waals surface area contributed by atoms with E-state index < -0.39 is 0 Å². The number of rotatable bonds is 4. The average Bonchev–Trinajstić information content (AvgIpc) is 2.58. The molecule has 0 aromatic heterocycles. The third kappa shape index (κ3) is 3.92. The summed E-state index contributed by atoms with van der Waals surface area (Å²) in [6.07, 6.45) is 4.10. The summed E-state index contributed by atoms with van der Waals surface area (Å²) < 4.78 is 0. The smallest absolute Gasteiger partial charge is 0.0630 e. The third-order valence-electron chi connectivity index (χ3n) is 5.13. The van der Waals surface area contributed by atoms with Gasteiger partial charge in [0, 0.05) is 34.6 Å². The third-order valence-corrected chi connectivity index (χ3v) is 5.71. The van der Waals surface area contributed by atoms with E-state index in [0.717, 1.165) is 35.7 Å². The molecular weight excluding hydrogens is 363 g/mol. The number of halogens is 2. The van der Waals surface area contributed by atoms with Crippen molar-refractivity contribution in [1.82, 2.24) is 0 Å². The summed E-state index contributed by atoms with van der Waals surface area (Å²) in [6, 6.07) is 11.8. The Kier molecular flexibility index (Phi) is 5.64. The van der Waals surface area contributed by atoms with E-state index in [0.29, 0.717) is 10.9 Å². The molecule has 1 aliphatic heterocycles. The van der Waals surface area contributed by atoms with Crippen LogP contribution in [0.2, 0.25) is 10.0 Å². The number of fused-ring (bicyclic) bond motifs is 1. The predicted octanol–water partition coefficient (Wildman–Crippen LogP) is 7.25. The first-order valence-electron chi connectivity index (χ1n) is 9.22. The van der Waals surface area contributed by atoms with Gasteiger partial charge < -0.3 is 4.90 Å². The van der Waals surface area contributed by atoms with E-state index in [2.05, 4.69) is 49.7 Å². The van der Waals surface area contributed by atoms with E-state index in [9.17, 15) is 0 Å². The molecule has 0 amide bonds. The second kappa shape index (κ2) is 7.62. The van der Waals surface area contributed by atoms with E-state index in [1.54, 1.807) is 0 Å². The Morgan fingerprint density at radius 2 is 1.88 bits per heavy atom. The largest absolute Gasteiger partial charge is 0.366 e. The van der Waals surface area contributed by atoms with Gasteiger partial charge in [0.25, 0.3) is 0 Å². The summed E-state index contributed by atoms with van der Waals surface area (Å²) in [5.41, 5.74) is 4.60. The molecule has 2 aromatic carbocycles. The molecule has 26 heavy (non-hydrogen) atoms. The SMILES string of the molecule is CCCN1c2cc(Cl)c(C=Nc3ccc(Cl)cc3)cc2C(C)CC1(C)C. The van der Waals surface area contributed by atoms with E-state index >= 15 is 0 Å². The van der Waals surface area contributed by atoms with Gasteiger partial charge in [-0.3, -0.25) is 4.99 Å². The van der Waals surface area contributed by atoms with Gasteiger partial charge in [-0.2, -0.15) is 0 Å². The fraction of sp³-hybridized carbons (Fsp3) is 0.409. The molecule has 0 bridgehead atoms. The Bertz CT molecular complexity index is 810. The summed E-state index contributed by atoms with van der Waals surface area (Å²) in [6.45, 7) is 10.2. The fourth-order valence-corrected chi connectivity index (χ4v) is 4.27. The molecule has 0 aliphatic carbocycles. The van der Waals surface area contributed by atoms with Crippen LogP contribution in [0.5, 0.6) is 0 Å². The lowest BCUT2D eigenvalue weighted by atomic mass is 9.79. The number of benzene rings is 2. The van der Waals surface area contributed by atoms with Gasteiger partial charge >= 0.3 is 0 Å². The van der Waals surface area contributed by atoms with Crippen LogP contribution >= 0.6 is 23.2 Å². The molecule has 3 rings (SSSR count). The van der Waals surface area contributed by atoms with E-state index in [1.807, 2.05) is 30.5 Å². The number of hydrogen-bond acceptors (Lipinski definition) is 2. The minimum atomic E-state index is 0.144. The van der Waals surface area contributed by atoms with Crippen LogP contribution in [0.3, 0.4) is 0 Å². The first-order valence-corrected chi connectivity index (χ1v) is 9.98. The van der Waals surface area contributed by atoms with Crippen LogP contribution in [-0.2, 0) is 0 Å². The average molecular weight is 389 g/mol. The maximum atomic E-state index is 6.62. The molecule has 0 saturated heterocycles. The first kappa shape index (κ1) is 19.3. The molecule has 1 atom stereocenters. The number of nitrogens with zero attached hydrogens (tertiary/aromatic N) is 2. The van der Waals surface area contributed by atoms with Gasteiger partial charge in [-0.05, 0) is 74.6 Å². The molecule has 0 fully saturated rings. The van der Waals surface area contributed by atoms with Crippen molar-refractivity contribution >= 4 is 40.8 Å². The molecule has 1 unspecified atom stereocenters. The van der Waals surface area contributed by atoms with Crippen LogP contribution in [-0.4, -0.2) is 18.3 Å². The highest BCUT2D eigenvalue weighted by Gasteiger charge is 2.36. The molecule has 2 aromatic rings. The monoisotopic (exact) mass is 388 g/mol. The van der Waals surface area contributed by atoms with Crippen molar-refractivity contribution in [2.24, 2.45) is 4.99 Å². The van der Waals surface area contributed by atoms with Gasteiger partial charge in [-0.1, -0.05) is 37.0 Å². The van der Waals surface area contributed by atoms with Gasteiger partial charge in [-0.15, -0.1) is 0 Å². The normalized spacial score (nSPS) is 19.0.